The third-order valence-electron chi connectivity index (χ3n) is 5.78. The summed E-state index contributed by atoms with van der Waals surface area (Å²) in [6.07, 6.45) is 0.965. The molecule has 0 aromatic heterocycles. The summed E-state index contributed by atoms with van der Waals surface area (Å²) in [7, 11) is 0. The molecule has 0 bridgehead atoms. The van der Waals surface area contributed by atoms with Crippen LogP contribution in [-0.4, -0.2) is 28.2 Å². The standard InChI is InChI=1S/C28H30N2O3/c1-17(2)14-18-8-6-11-22-20(9-7-10-21(18)22)16-30-26(32)23-13-12-19(15-24(23)27(30)33)25(31)29-28(3,4)5/h6-13,15,17H,14,16H2,1-5H3,(H,29,31). The van der Waals surface area contributed by atoms with Crippen LogP contribution < -0.4 is 5.32 Å². The van der Waals surface area contributed by atoms with Crippen molar-refractivity contribution < 1.29 is 14.4 Å². The molecule has 170 valence electrons. The van der Waals surface area contributed by atoms with E-state index in [0.717, 1.165) is 22.8 Å². The van der Waals surface area contributed by atoms with Crippen LogP contribution in [0.2, 0.25) is 0 Å². The fourth-order valence-corrected chi connectivity index (χ4v) is 4.35. The van der Waals surface area contributed by atoms with Gasteiger partial charge in [0.25, 0.3) is 17.7 Å². The van der Waals surface area contributed by atoms with E-state index in [0.29, 0.717) is 17.0 Å². The highest BCUT2D eigenvalue weighted by atomic mass is 16.2. The Morgan fingerprint density at radius 2 is 1.48 bits per heavy atom. The van der Waals surface area contributed by atoms with E-state index < -0.39 is 5.54 Å². The summed E-state index contributed by atoms with van der Waals surface area (Å²) >= 11 is 0. The van der Waals surface area contributed by atoms with Crippen LogP contribution >= 0.6 is 0 Å². The van der Waals surface area contributed by atoms with Gasteiger partial charge in [-0.2, -0.15) is 0 Å². The van der Waals surface area contributed by atoms with Crippen LogP contribution in [0.3, 0.4) is 0 Å². The summed E-state index contributed by atoms with van der Waals surface area (Å²) in [5.74, 6) is -0.431. The number of nitrogens with one attached hydrogen (secondary N) is 1. The van der Waals surface area contributed by atoms with Crippen molar-refractivity contribution in [3.63, 3.8) is 0 Å². The fourth-order valence-electron chi connectivity index (χ4n) is 4.35. The first-order valence-corrected chi connectivity index (χ1v) is 11.4. The van der Waals surface area contributed by atoms with Gasteiger partial charge in [0.1, 0.15) is 0 Å². The molecule has 1 aliphatic rings. The highest BCUT2D eigenvalue weighted by Gasteiger charge is 2.36. The smallest absolute Gasteiger partial charge is 0.261 e. The number of nitrogens with zero attached hydrogens (tertiary/aromatic N) is 1. The number of amides is 3. The zero-order chi connectivity index (χ0) is 23.9. The fraction of sp³-hybridized carbons (Fsp3) is 0.321. The van der Waals surface area contributed by atoms with E-state index in [9.17, 15) is 14.4 Å². The quantitative estimate of drug-likeness (QED) is 0.541. The van der Waals surface area contributed by atoms with Gasteiger partial charge >= 0.3 is 0 Å². The van der Waals surface area contributed by atoms with Gasteiger partial charge in [-0.3, -0.25) is 19.3 Å². The van der Waals surface area contributed by atoms with Crippen LogP contribution in [0.15, 0.2) is 54.6 Å². The lowest BCUT2D eigenvalue weighted by atomic mass is 9.94. The first kappa shape index (κ1) is 22.7. The zero-order valence-electron chi connectivity index (χ0n) is 19.9. The Morgan fingerprint density at radius 3 is 2.12 bits per heavy atom. The lowest BCUT2D eigenvalue weighted by Gasteiger charge is -2.20. The molecule has 33 heavy (non-hydrogen) atoms. The number of carbonyl (C=O) groups is 3. The minimum atomic E-state index is -0.398. The monoisotopic (exact) mass is 442 g/mol. The third kappa shape index (κ3) is 4.54. The van der Waals surface area contributed by atoms with Crippen LogP contribution in [0.4, 0.5) is 0 Å². The molecule has 0 unspecified atom stereocenters. The normalized spacial score (nSPS) is 13.7. The number of benzene rings is 3. The summed E-state index contributed by atoms with van der Waals surface area (Å²) in [4.78, 5) is 40.1. The predicted octanol–water partition coefficient (Wildman–Crippen LogP) is 5.36. The summed E-state index contributed by atoms with van der Waals surface area (Å²) in [6, 6.07) is 17.0. The largest absolute Gasteiger partial charge is 0.347 e. The van der Waals surface area contributed by atoms with Gasteiger partial charge in [0.15, 0.2) is 0 Å². The van der Waals surface area contributed by atoms with Crippen LogP contribution in [0.25, 0.3) is 10.8 Å². The molecule has 0 saturated carbocycles. The van der Waals surface area contributed by atoms with E-state index in [1.165, 1.54) is 16.5 Å². The number of rotatable bonds is 5. The molecule has 0 fully saturated rings. The lowest BCUT2D eigenvalue weighted by Crippen LogP contribution is -2.40. The van der Waals surface area contributed by atoms with Gasteiger partial charge in [-0.1, -0.05) is 50.2 Å². The van der Waals surface area contributed by atoms with Gasteiger partial charge in [-0.05, 0) is 73.2 Å². The number of carbonyl (C=O) groups excluding carboxylic acids is 3. The molecule has 5 heteroatoms. The average Bonchev–Trinajstić information content (AvgIpc) is 2.97. The molecule has 1 heterocycles. The Labute approximate surface area is 194 Å². The van der Waals surface area contributed by atoms with Crippen molar-refractivity contribution in [3.05, 3.63) is 82.4 Å². The second-order valence-corrected chi connectivity index (χ2v) is 10.2. The maximum Gasteiger partial charge on any atom is 0.261 e. The number of imide groups is 1. The molecular weight excluding hydrogens is 412 g/mol. The molecule has 1 N–H and O–H groups in total. The molecule has 0 atom stereocenters. The summed E-state index contributed by atoms with van der Waals surface area (Å²) < 4.78 is 0. The van der Waals surface area contributed by atoms with Crippen LogP contribution in [0.5, 0.6) is 0 Å². The van der Waals surface area contributed by atoms with Gasteiger partial charge in [0, 0.05) is 11.1 Å². The molecule has 5 nitrogen and oxygen atoms in total. The van der Waals surface area contributed by atoms with Crippen molar-refractivity contribution in [2.45, 2.75) is 53.1 Å². The zero-order valence-corrected chi connectivity index (χ0v) is 19.9. The molecule has 0 spiro atoms. The molecule has 0 aliphatic carbocycles. The maximum atomic E-state index is 13.2. The Bertz CT molecular complexity index is 1270. The first-order chi connectivity index (χ1) is 15.5. The van der Waals surface area contributed by atoms with E-state index in [-0.39, 0.29) is 29.8 Å². The molecule has 0 saturated heterocycles. The van der Waals surface area contributed by atoms with Gasteiger partial charge in [0.05, 0.1) is 17.7 Å². The van der Waals surface area contributed by atoms with Gasteiger partial charge in [0.2, 0.25) is 0 Å². The van der Waals surface area contributed by atoms with Gasteiger partial charge in [-0.25, -0.2) is 0 Å². The molecule has 4 rings (SSSR count). The third-order valence-corrected chi connectivity index (χ3v) is 5.78. The minimum Gasteiger partial charge on any atom is -0.347 e. The van der Waals surface area contributed by atoms with Crippen molar-refractivity contribution in [1.29, 1.82) is 0 Å². The lowest BCUT2D eigenvalue weighted by molar-refractivity contribution is 0.0642. The van der Waals surface area contributed by atoms with Crippen LogP contribution in [-0.2, 0) is 13.0 Å². The van der Waals surface area contributed by atoms with E-state index in [2.05, 4.69) is 31.3 Å². The highest BCUT2D eigenvalue weighted by molar-refractivity contribution is 6.22. The second kappa shape index (κ2) is 8.47. The molecule has 1 aliphatic heterocycles. The molecule has 3 aromatic carbocycles. The van der Waals surface area contributed by atoms with Crippen molar-refractivity contribution in [3.8, 4) is 0 Å². The summed E-state index contributed by atoms with van der Waals surface area (Å²) in [6.45, 7) is 10.3. The summed E-state index contributed by atoms with van der Waals surface area (Å²) in [5.41, 5.74) is 2.79. The topological polar surface area (TPSA) is 66.5 Å². The minimum absolute atomic E-state index is 0.193. The second-order valence-electron chi connectivity index (χ2n) is 10.2. The van der Waals surface area contributed by atoms with E-state index in [4.69, 9.17) is 0 Å². The Kier molecular flexibility index (Phi) is 5.83. The number of hydrogen-bond acceptors (Lipinski definition) is 3. The van der Waals surface area contributed by atoms with E-state index in [1.54, 1.807) is 12.1 Å². The van der Waals surface area contributed by atoms with Crippen molar-refractivity contribution in [2.24, 2.45) is 5.92 Å². The average molecular weight is 443 g/mol. The van der Waals surface area contributed by atoms with Crippen molar-refractivity contribution >= 4 is 28.5 Å². The van der Waals surface area contributed by atoms with Crippen molar-refractivity contribution in [1.82, 2.24) is 10.2 Å². The summed E-state index contributed by atoms with van der Waals surface area (Å²) in [5, 5.41) is 5.10. The molecular formula is C28H30N2O3. The predicted molar refractivity (Wildman–Crippen MR) is 130 cm³/mol. The molecule has 3 amide bonds. The molecule has 3 aromatic rings. The Morgan fingerprint density at radius 1 is 0.879 bits per heavy atom. The molecule has 0 radical (unpaired) electrons. The Balaban J connectivity index is 1.65. The van der Waals surface area contributed by atoms with Crippen molar-refractivity contribution in [2.75, 3.05) is 0 Å². The highest BCUT2D eigenvalue weighted by Crippen LogP contribution is 2.29. The first-order valence-electron chi connectivity index (χ1n) is 11.4. The maximum absolute atomic E-state index is 13.2. The SMILES string of the molecule is CC(C)Cc1cccc2c(CN3C(=O)c4ccc(C(=O)NC(C)(C)C)cc4C3=O)cccc12. The number of fused-ring (bicyclic) bond motifs is 2. The van der Waals surface area contributed by atoms with Gasteiger partial charge in [-0.15, -0.1) is 0 Å². The van der Waals surface area contributed by atoms with E-state index >= 15 is 0 Å². The van der Waals surface area contributed by atoms with Crippen LogP contribution in [0, 0.1) is 5.92 Å². The van der Waals surface area contributed by atoms with E-state index in [1.807, 2.05) is 45.0 Å². The number of hydrogen-bond donors (Lipinski definition) is 1. The Hall–Kier alpha value is -3.47. The van der Waals surface area contributed by atoms with Crippen LogP contribution in [0.1, 0.15) is 76.8 Å². The van der Waals surface area contributed by atoms with Gasteiger partial charge < -0.3 is 5.32 Å².